The number of carboxylic acid groups (broad SMARTS) is 1. The van der Waals surface area contributed by atoms with Crippen LogP contribution in [0.3, 0.4) is 0 Å². The first-order valence-corrected chi connectivity index (χ1v) is 15.8. The molecule has 0 spiro atoms. The number of fused-ring (bicyclic) bond motifs is 3. The Kier molecular flexibility index (Phi) is 8.47. The van der Waals surface area contributed by atoms with E-state index < -0.39 is 68.4 Å². The largest absolute Gasteiger partial charge is 0.481 e. The van der Waals surface area contributed by atoms with Gasteiger partial charge in [-0.3, -0.25) is 14.5 Å². The molecule has 8 nitrogen and oxygen atoms in total. The number of halogens is 8. The van der Waals surface area contributed by atoms with E-state index in [9.17, 15) is 53.1 Å². The summed E-state index contributed by atoms with van der Waals surface area (Å²) in [5.41, 5.74) is -7.68. The number of benzene rings is 2. The summed E-state index contributed by atoms with van der Waals surface area (Å²) in [6, 6.07) is 4.11. The summed E-state index contributed by atoms with van der Waals surface area (Å²) in [5.74, 6) is -2.55. The summed E-state index contributed by atoms with van der Waals surface area (Å²) in [5, 5.41) is 12.9. The SMILES string of the molecule is O=C(O)Cc1csc(NC(=O)CN2CC[C@]3(S(=O)(=O)c4ccc(F)cc4)c4ccc(C(F)(C(F)(F)F)C(F)(F)F)cc4CC[C@H]23)n1. The van der Waals surface area contributed by atoms with Gasteiger partial charge >= 0.3 is 24.0 Å². The van der Waals surface area contributed by atoms with Gasteiger partial charge in [0.1, 0.15) is 10.6 Å². The highest BCUT2D eigenvalue weighted by atomic mass is 32.2. The Morgan fingerprint density at radius 1 is 1.04 bits per heavy atom. The first-order chi connectivity index (χ1) is 21.3. The number of nitrogens with one attached hydrogen (secondary N) is 1. The number of amides is 1. The van der Waals surface area contributed by atoms with Crippen molar-refractivity contribution in [2.24, 2.45) is 0 Å². The van der Waals surface area contributed by atoms with Crippen molar-refractivity contribution in [1.82, 2.24) is 9.88 Å². The number of carbonyl (C=O) groups excluding carboxylic acids is 1. The smallest absolute Gasteiger partial charge is 0.435 e. The molecule has 3 aromatic rings. The predicted octanol–water partition coefficient (Wildman–Crippen LogP) is 5.53. The normalized spacial score (nSPS) is 20.7. The molecule has 46 heavy (non-hydrogen) atoms. The molecule has 1 aliphatic carbocycles. The third kappa shape index (κ3) is 5.53. The van der Waals surface area contributed by atoms with Gasteiger partial charge < -0.3 is 10.4 Å². The minimum Gasteiger partial charge on any atom is -0.481 e. The minimum absolute atomic E-state index is 0.0556. The number of aliphatic carboxylic acids is 1. The molecule has 0 saturated carbocycles. The first-order valence-electron chi connectivity index (χ1n) is 13.5. The topological polar surface area (TPSA) is 117 Å². The quantitative estimate of drug-likeness (QED) is 0.235. The Hall–Kier alpha value is -3.64. The highest BCUT2D eigenvalue weighted by Crippen LogP contribution is 2.56. The fraction of sp³-hybridized carbons (Fsp3) is 0.393. The summed E-state index contributed by atoms with van der Waals surface area (Å²) in [6.07, 6.45) is -13.8. The van der Waals surface area contributed by atoms with E-state index in [1.54, 1.807) is 0 Å². The van der Waals surface area contributed by atoms with Gasteiger partial charge in [-0.2, -0.15) is 26.3 Å². The number of likely N-dealkylation sites (tertiary alicyclic amines) is 1. The number of rotatable bonds is 8. The summed E-state index contributed by atoms with van der Waals surface area (Å²) < 4.78 is 137. The molecule has 0 unspecified atom stereocenters. The van der Waals surface area contributed by atoms with Crippen molar-refractivity contribution in [2.45, 2.75) is 59.4 Å². The molecule has 2 atom stereocenters. The molecular weight excluding hydrogens is 674 g/mol. The molecule has 1 fully saturated rings. The predicted molar refractivity (Wildman–Crippen MR) is 147 cm³/mol. The molecular formula is C28H23F8N3O5S2. The molecule has 2 heterocycles. The Morgan fingerprint density at radius 3 is 2.30 bits per heavy atom. The number of alkyl halides is 7. The molecule has 1 saturated heterocycles. The maximum atomic E-state index is 15.0. The second-order valence-electron chi connectivity index (χ2n) is 10.9. The summed E-state index contributed by atoms with van der Waals surface area (Å²) in [7, 11) is -4.58. The maximum Gasteiger partial charge on any atom is 0.435 e. The lowest BCUT2D eigenvalue weighted by molar-refractivity contribution is -0.348. The fourth-order valence-corrected chi connectivity index (χ4v) is 9.40. The van der Waals surface area contributed by atoms with Crippen molar-refractivity contribution in [1.29, 1.82) is 0 Å². The van der Waals surface area contributed by atoms with E-state index >= 15 is 0 Å². The lowest BCUT2D eigenvalue weighted by atomic mass is 9.77. The van der Waals surface area contributed by atoms with Gasteiger partial charge in [0.05, 0.1) is 23.6 Å². The molecule has 2 aromatic carbocycles. The standard InChI is InChI=1S/C28H23F8N3O5S2/c29-17-3-5-19(6-4-17)46(43,44)25-9-10-39(13-22(40)38-24-37-18(14-45-24)12-23(41)42)21(25)8-1-15-11-16(2-7-20(15)25)26(30,27(31,32)33)28(34,35)36/h2-7,11,14,21H,1,8-10,12-13H2,(H,41,42)(H,37,38,40)/t21-,25-/m0/s1. The van der Waals surface area contributed by atoms with Crippen LogP contribution in [0.2, 0.25) is 0 Å². The summed E-state index contributed by atoms with van der Waals surface area (Å²) >= 11 is 0.958. The van der Waals surface area contributed by atoms with Gasteiger partial charge in [-0.05, 0) is 54.7 Å². The molecule has 248 valence electrons. The van der Waals surface area contributed by atoms with E-state index in [1.165, 1.54) is 10.3 Å². The molecule has 1 amide bonds. The number of carboxylic acids is 1. The van der Waals surface area contributed by atoms with Crippen LogP contribution in [0.15, 0.2) is 52.7 Å². The van der Waals surface area contributed by atoms with E-state index in [0.29, 0.717) is 6.07 Å². The van der Waals surface area contributed by atoms with Crippen LogP contribution in [-0.2, 0) is 42.7 Å². The Labute approximate surface area is 260 Å². The van der Waals surface area contributed by atoms with E-state index in [0.717, 1.165) is 41.7 Å². The molecule has 0 radical (unpaired) electrons. The highest BCUT2D eigenvalue weighted by Gasteiger charge is 2.73. The number of sulfone groups is 1. The second-order valence-corrected chi connectivity index (χ2v) is 14.0. The van der Waals surface area contributed by atoms with Gasteiger partial charge in [0, 0.05) is 23.5 Å². The van der Waals surface area contributed by atoms with E-state index in [-0.39, 0.29) is 65.1 Å². The lowest BCUT2D eigenvalue weighted by Gasteiger charge is -2.43. The zero-order valence-electron chi connectivity index (χ0n) is 23.3. The van der Waals surface area contributed by atoms with Crippen LogP contribution in [0.25, 0.3) is 0 Å². The zero-order valence-corrected chi connectivity index (χ0v) is 24.9. The fourth-order valence-electron chi connectivity index (χ4n) is 6.28. The van der Waals surface area contributed by atoms with Crippen LogP contribution in [0.1, 0.15) is 35.2 Å². The molecule has 18 heteroatoms. The number of aromatic nitrogens is 1. The average molecular weight is 698 g/mol. The van der Waals surface area contributed by atoms with Gasteiger partial charge in [-0.1, -0.05) is 18.2 Å². The van der Waals surface area contributed by atoms with Gasteiger partial charge in [-0.15, -0.1) is 11.3 Å². The monoisotopic (exact) mass is 697 g/mol. The van der Waals surface area contributed by atoms with Gasteiger partial charge in [0.25, 0.3) is 0 Å². The molecule has 5 rings (SSSR count). The van der Waals surface area contributed by atoms with Crippen LogP contribution in [0.5, 0.6) is 0 Å². The van der Waals surface area contributed by atoms with Crippen LogP contribution < -0.4 is 5.32 Å². The summed E-state index contributed by atoms with van der Waals surface area (Å²) in [4.78, 5) is 29.0. The van der Waals surface area contributed by atoms with Crippen molar-refractivity contribution in [3.63, 3.8) is 0 Å². The van der Waals surface area contributed by atoms with Crippen molar-refractivity contribution in [2.75, 3.05) is 18.4 Å². The van der Waals surface area contributed by atoms with Crippen molar-refractivity contribution in [3.05, 3.63) is 76.0 Å². The van der Waals surface area contributed by atoms with Crippen LogP contribution in [0.4, 0.5) is 40.3 Å². The second kappa shape index (κ2) is 11.6. The lowest BCUT2D eigenvalue weighted by Crippen LogP contribution is -2.53. The maximum absolute atomic E-state index is 15.0. The number of nitrogens with zero attached hydrogens (tertiary/aromatic N) is 2. The van der Waals surface area contributed by atoms with Crippen LogP contribution in [-0.4, -0.2) is 66.8 Å². The molecule has 1 aromatic heterocycles. The highest BCUT2D eigenvalue weighted by molar-refractivity contribution is 7.92. The van der Waals surface area contributed by atoms with E-state index in [4.69, 9.17) is 5.11 Å². The molecule has 1 aliphatic heterocycles. The van der Waals surface area contributed by atoms with Crippen LogP contribution >= 0.6 is 11.3 Å². The number of hydrogen-bond acceptors (Lipinski definition) is 7. The van der Waals surface area contributed by atoms with E-state index in [1.807, 2.05) is 0 Å². The van der Waals surface area contributed by atoms with Crippen molar-refractivity contribution in [3.8, 4) is 0 Å². The average Bonchev–Trinajstić information content (AvgIpc) is 3.55. The Balaban J connectivity index is 1.55. The van der Waals surface area contributed by atoms with Crippen molar-refractivity contribution < 1.29 is 58.2 Å². The first kappa shape index (κ1) is 33.7. The number of anilines is 1. The third-order valence-electron chi connectivity index (χ3n) is 8.26. The van der Waals surface area contributed by atoms with E-state index in [2.05, 4.69) is 10.3 Å². The number of thiazole rings is 1. The van der Waals surface area contributed by atoms with Crippen molar-refractivity contribution >= 4 is 38.2 Å². The molecule has 0 bridgehead atoms. The molecule has 2 N–H and O–H groups in total. The number of hydrogen-bond donors (Lipinski definition) is 2. The summed E-state index contributed by atoms with van der Waals surface area (Å²) in [6.45, 7) is -0.456. The minimum atomic E-state index is -6.38. The Morgan fingerprint density at radius 2 is 1.70 bits per heavy atom. The van der Waals surface area contributed by atoms with Gasteiger partial charge in [-0.25, -0.2) is 22.2 Å². The Bertz CT molecular complexity index is 1760. The van der Waals surface area contributed by atoms with Crippen LogP contribution in [0, 0.1) is 5.82 Å². The van der Waals surface area contributed by atoms with Gasteiger partial charge in [0.15, 0.2) is 15.0 Å². The van der Waals surface area contributed by atoms with Gasteiger partial charge in [0.2, 0.25) is 5.91 Å². The number of carbonyl (C=O) groups is 2. The third-order valence-corrected chi connectivity index (χ3v) is 11.6. The molecule has 2 aliphatic rings. The number of aryl methyl sites for hydroxylation is 1. The zero-order chi connectivity index (χ0) is 33.9.